The van der Waals surface area contributed by atoms with E-state index in [2.05, 4.69) is 45.1 Å². The molecule has 2 aromatic carbocycles. The first-order valence-electron chi connectivity index (χ1n) is 28.6. The van der Waals surface area contributed by atoms with Crippen molar-refractivity contribution in [2.45, 2.75) is 181 Å². The van der Waals surface area contributed by atoms with E-state index < -0.39 is 96.5 Å². The van der Waals surface area contributed by atoms with Crippen molar-refractivity contribution < 1.29 is 177 Å². The zero-order valence-electron chi connectivity index (χ0n) is 55.2. The maximum Gasteiger partial charge on any atom is 1.00 e. The van der Waals surface area contributed by atoms with Crippen LogP contribution in [-0.4, -0.2) is 216 Å². The molecule has 0 unspecified atom stereocenters. The first-order valence-corrected chi connectivity index (χ1v) is 28.6. The number of likely N-dealkylation sites (tertiary alicyclic amines) is 2. The number of ether oxygens (including phenoxy) is 6. The largest absolute Gasteiger partial charge is 1.00 e. The molecule has 0 spiro atoms. The third kappa shape index (κ3) is 40.1. The summed E-state index contributed by atoms with van der Waals surface area (Å²) in [5.41, 5.74) is 6.88. The number of aliphatic hydroxyl groups excluding tert-OH is 3. The van der Waals surface area contributed by atoms with Gasteiger partial charge in [-0.15, -0.1) is 0 Å². The quantitative estimate of drug-likeness (QED) is 0.0167. The normalized spacial score (nSPS) is 17.9. The monoisotopic (exact) mass is 1330 g/mol. The van der Waals surface area contributed by atoms with Crippen LogP contribution < -0.4 is 91.4 Å². The van der Waals surface area contributed by atoms with E-state index in [1.807, 2.05) is 74.5 Å². The van der Waals surface area contributed by atoms with Crippen LogP contribution in [0.2, 0.25) is 0 Å². The third-order valence-electron chi connectivity index (χ3n) is 12.6. The van der Waals surface area contributed by atoms with Crippen molar-refractivity contribution in [1.29, 1.82) is 0 Å². The molecule has 92 heavy (non-hydrogen) atoms. The average Bonchev–Trinajstić information content (AvgIpc) is 1.93. The molecule has 31 nitrogen and oxygen atoms in total. The van der Waals surface area contributed by atoms with Gasteiger partial charge >= 0.3 is 107 Å². The minimum Gasteiger partial charge on any atom is -1.00 e. The van der Waals surface area contributed by atoms with E-state index in [0.29, 0.717) is 45.4 Å². The second-order valence-corrected chi connectivity index (χ2v) is 19.2. The summed E-state index contributed by atoms with van der Waals surface area (Å²) in [6.45, 7) is 14.5. The number of benzene rings is 2. The van der Waals surface area contributed by atoms with Crippen molar-refractivity contribution in [2.24, 2.45) is 5.73 Å². The topological polar surface area (TPSA) is 457 Å². The molecule has 0 saturated carbocycles. The minimum atomic E-state index is -1.18. The standard InChI is InChI=1S/C18H24N2O6.C13H15NO4.C10H18N2O4.C5H11NO3.C5H9NO2.C4H8O2.C2H6.CH2O3.CH4.2Na.H/c1-12(21)15(17(23)25-2)19-16(22)14-9-6-10-20(14)18(24)26-11-13-7-4-3-5-8-13;15-12(16)11-7-4-8-14(11)13(17)18-9-10-5-2-1-3-6-10;1-6(13)8(10(15)16-2)12-9(14)7-4-3-5-11-7;1-3(7)4(6)5(8)9-2;7-5(8)4-2-1-3-6-4;1-3-6-4(2)5;1-2;2-1-4-3;;;;/h3-5,7-8,12,14-15,21H,6,9-11H2,1-2H3,(H,19,22);1-3,5-6,11H,4,7-9H2,(H,15,16);6-8,11,13H,3-5H2,1-2H3,(H,12,14);3-4,7H,6H2,1-2H3;4,6H,1-3H2,(H,7,8);3H2,1-2H3;1-2H3;1,3H;1H4;;;/q;;;;;;;;;2*+1;-1/p-1/t12-,14+,15+;11-;6-,7+,8+;3-,4+;4-;;;;;;;/m10110......./s1. The number of methoxy groups -OCH3 is 3. The number of hydrogen-bond acceptors (Lipinski definition) is 25. The van der Waals surface area contributed by atoms with Gasteiger partial charge in [0.1, 0.15) is 37.4 Å². The molecule has 2 aromatic rings. The van der Waals surface area contributed by atoms with Gasteiger partial charge < -0.3 is 92.5 Å². The van der Waals surface area contributed by atoms with Crippen LogP contribution >= 0.6 is 0 Å². The molecule has 4 saturated heterocycles. The molecule has 4 amide bonds. The third-order valence-corrected chi connectivity index (χ3v) is 12.6. The number of hydrogen-bond donors (Lipinski definition) is 10. The van der Waals surface area contributed by atoms with Crippen LogP contribution in [0.4, 0.5) is 9.59 Å². The summed E-state index contributed by atoms with van der Waals surface area (Å²) in [6, 6.07) is 13.4. The van der Waals surface area contributed by atoms with Crippen molar-refractivity contribution in [1.82, 2.24) is 31.1 Å². The number of nitrogens with zero attached hydrogens (tertiary/aromatic N) is 2. The zero-order valence-corrected chi connectivity index (χ0v) is 58.2. The first-order chi connectivity index (χ1) is 42.3. The van der Waals surface area contributed by atoms with Gasteiger partial charge in [-0.05, 0) is 103 Å². The molecule has 6 rings (SSSR count). The van der Waals surface area contributed by atoms with Crippen molar-refractivity contribution in [2.75, 3.05) is 54.1 Å². The Morgan fingerprint density at radius 3 is 1.28 bits per heavy atom. The molecular weight excluding hydrogens is 1240 g/mol. The fourth-order valence-electron chi connectivity index (χ4n) is 7.95. The Kier molecular flexibility index (Phi) is 58.1. The fraction of sp³-hybridized carbons (Fsp3) is 0.610. The van der Waals surface area contributed by atoms with Crippen LogP contribution in [0.1, 0.15) is 120 Å². The molecule has 33 heteroatoms. The molecule has 0 bridgehead atoms. The van der Waals surface area contributed by atoms with Crippen molar-refractivity contribution in [3.05, 3.63) is 71.8 Å². The van der Waals surface area contributed by atoms with Gasteiger partial charge in [0.25, 0.3) is 6.47 Å². The molecule has 4 aliphatic heterocycles. The molecule has 0 aliphatic carbocycles. The predicted molar refractivity (Wildman–Crippen MR) is 322 cm³/mol. The van der Waals surface area contributed by atoms with Gasteiger partial charge in [-0.25, -0.2) is 24.0 Å². The van der Waals surface area contributed by atoms with Crippen molar-refractivity contribution >= 4 is 66.3 Å². The van der Waals surface area contributed by atoms with Crippen LogP contribution in [0.25, 0.3) is 0 Å². The zero-order chi connectivity index (χ0) is 68.0. The summed E-state index contributed by atoms with van der Waals surface area (Å²) in [7, 11) is 3.62. The summed E-state index contributed by atoms with van der Waals surface area (Å²) >= 11 is 0. The molecule has 4 heterocycles. The van der Waals surface area contributed by atoms with Crippen molar-refractivity contribution in [3.63, 3.8) is 0 Å². The Bertz CT molecular complexity index is 2400. The molecular formula is C59H97N7Na2O24. The number of carboxylic acids is 2. The van der Waals surface area contributed by atoms with E-state index in [9.17, 15) is 58.2 Å². The Morgan fingerprint density at radius 2 is 1.00 bits per heavy atom. The van der Waals surface area contributed by atoms with Crippen LogP contribution in [0.5, 0.6) is 0 Å². The van der Waals surface area contributed by atoms with E-state index in [4.69, 9.17) is 40.6 Å². The molecule has 11 N–H and O–H groups in total. The van der Waals surface area contributed by atoms with Crippen LogP contribution in [0.3, 0.4) is 0 Å². The number of nitrogens with two attached hydrogens (primary N) is 1. The maximum absolute atomic E-state index is 12.5. The van der Waals surface area contributed by atoms with Gasteiger partial charge in [-0.2, -0.15) is 0 Å². The van der Waals surface area contributed by atoms with Gasteiger partial charge in [-0.3, -0.25) is 38.6 Å². The Labute approximate surface area is 583 Å². The van der Waals surface area contributed by atoms with Gasteiger partial charge in [0, 0.05) is 20.0 Å². The summed E-state index contributed by atoms with van der Waals surface area (Å²) < 4.78 is 28.1. The molecule has 10 atom stereocenters. The molecule has 0 radical (unpaired) electrons. The summed E-state index contributed by atoms with van der Waals surface area (Å²) in [5, 5.41) is 64.3. The molecule has 4 fully saturated rings. The number of carboxylic acid groups (broad SMARTS) is 2. The average molecular weight is 1330 g/mol. The Hall–Kier alpha value is -6.07. The van der Waals surface area contributed by atoms with Crippen LogP contribution in [-0.2, 0) is 89.7 Å². The number of aliphatic carboxylic acids is 2. The number of nitrogens with one attached hydrogen (secondary N) is 4. The van der Waals surface area contributed by atoms with Gasteiger partial charge in [-0.1, -0.05) is 81.9 Å². The number of aliphatic hydroxyl groups is 3. The number of carbonyl (C=O) groups excluding carboxylic acids is 9. The van der Waals surface area contributed by atoms with Crippen molar-refractivity contribution in [3.8, 4) is 0 Å². The predicted octanol–water partition coefficient (Wildman–Crippen LogP) is -5.05. The SMILES string of the molecule is C.CC.CCOC(C)=O.COC(=O)[C@@H](N)[C@@H](C)O.COC(=O)[C@@H](NC(=O)[C@@H]1CCCN1)[C@@H](C)O.COC(=O)[C@@H](NC(=O)[C@@H]1CCCN1C(=O)OCc1ccccc1)[C@@H](C)O.O=C(O)[C@@H]1CCCN1.O=C(O)[C@@H]1CCCN1C(=O)OCc1ccccc1.O=CO[O-].[H-].[Na+].[Na+]. The molecule has 0 aromatic heterocycles. The van der Waals surface area contributed by atoms with E-state index in [1.54, 1.807) is 6.92 Å². The Balaban J connectivity index is -0.000000251. The number of amides is 4. The van der Waals surface area contributed by atoms with Gasteiger partial charge in [0.15, 0.2) is 12.1 Å². The van der Waals surface area contributed by atoms with Gasteiger partial charge in [0.2, 0.25) is 11.8 Å². The second-order valence-electron chi connectivity index (χ2n) is 19.2. The summed E-state index contributed by atoms with van der Waals surface area (Å²) in [4.78, 5) is 126. The first kappa shape index (κ1) is 94.6. The van der Waals surface area contributed by atoms with E-state index in [1.165, 1.54) is 58.8 Å². The maximum atomic E-state index is 12.5. The molecule has 4 aliphatic rings. The molecule has 514 valence electrons. The van der Waals surface area contributed by atoms with Crippen LogP contribution in [0, 0.1) is 0 Å². The Morgan fingerprint density at radius 1 is 0.620 bits per heavy atom. The van der Waals surface area contributed by atoms with Gasteiger partial charge in [0.05, 0.1) is 52.3 Å². The second kappa shape index (κ2) is 56.5. The minimum absolute atomic E-state index is 0. The number of esters is 4. The van der Waals surface area contributed by atoms with E-state index in [-0.39, 0.29) is 112 Å². The number of rotatable bonds is 18. The summed E-state index contributed by atoms with van der Waals surface area (Å²) in [6.07, 6.45) is 1.70. The summed E-state index contributed by atoms with van der Waals surface area (Å²) in [5.74, 6) is -4.66. The smallest absolute Gasteiger partial charge is 1.00 e. The van der Waals surface area contributed by atoms with E-state index in [0.717, 1.165) is 49.9 Å². The fourth-order valence-corrected chi connectivity index (χ4v) is 7.95. The van der Waals surface area contributed by atoms with E-state index >= 15 is 0 Å². The van der Waals surface area contributed by atoms with Crippen LogP contribution in [0.15, 0.2) is 60.7 Å². The number of carbonyl (C=O) groups is 11.